The van der Waals surface area contributed by atoms with Gasteiger partial charge in [0.15, 0.2) is 0 Å². The highest BCUT2D eigenvalue weighted by molar-refractivity contribution is 6.30. The van der Waals surface area contributed by atoms with E-state index in [-0.39, 0.29) is 30.0 Å². The Balaban J connectivity index is 1.39. The van der Waals surface area contributed by atoms with Crippen LogP contribution in [0.2, 0.25) is 5.02 Å². The van der Waals surface area contributed by atoms with Crippen molar-refractivity contribution in [3.05, 3.63) is 70.7 Å². The Labute approximate surface area is 189 Å². The molecule has 1 aliphatic carbocycles. The van der Waals surface area contributed by atoms with Crippen LogP contribution in [0.15, 0.2) is 54.6 Å². The lowest BCUT2D eigenvalue weighted by Crippen LogP contribution is -2.84. The molecule has 1 saturated carbocycles. The Morgan fingerprint density at radius 2 is 1.68 bits per heavy atom. The zero-order valence-electron chi connectivity index (χ0n) is 17.9. The molecular formula is C26H31ClN2O2. The molecule has 1 N–H and O–H groups in total. The van der Waals surface area contributed by atoms with Crippen LogP contribution < -0.4 is 0 Å². The summed E-state index contributed by atoms with van der Waals surface area (Å²) in [5.74, 6) is 0.789. The number of rotatable bonds is 5. The standard InChI is InChI=1S/C26H31ClN2O2/c27-22-13-11-19(12-14-22)15-29-23(16-30)24(20-7-3-1-4-8-20)26(29)17-28(18-26)25(31)21-9-5-2-6-10-21/h1,3-4,7-8,11-14,21,23-24,30H,2,5-6,9-10,15-18H2/t23-,24+/m1/s1. The summed E-state index contributed by atoms with van der Waals surface area (Å²) in [6.07, 6.45) is 5.70. The summed E-state index contributed by atoms with van der Waals surface area (Å²) in [6.45, 7) is 2.39. The van der Waals surface area contributed by atoms with Gasteiger partial charge in [0, 0.05) is 42.5 Å². The second-order valence-electron chi connectivity index (χ2n) is 9.53. The molecule has 0 aromatic heterocycles. The van der Waals surface area contributed by atoms with Crippen LogP contribution in [0.25, 0.3) is 0 Å². The molecule has 2 aliphatic heterocycles. The molecule has 2 aromatic carbocycles. The predicted molar refractivity (Wildman–Crippen MR) is 123 cm³/mol. The first-order valence-corrected chi connectivity index (χ1v) is 12.0. The number of carbonyl (C=O) groups excluding carboxylic acids is 1. The lowest BCUT2D eigenvalue weighted by molar-refractivity contribution is -0.202. The maximum atomic E-state index is 13.1. The molecule has 0 bridgehead atoms. The van der Waals surface area contributed by atoms with Gasteiger partial charge >= 0.3 is 0 Å². The molecule has 0 unspecified atom stereocenters. The summed E-state index contributed by atoms with van der Waals surface area (Å²) >= 11 is 6.08. The molecule has 2 saturated heterocycles. The van der Waals surface area contributed by atoms with Crippen molar-refractivity contribution in [3.63, 3.8) is 0 Å². The third-order valence-electron chi connectivity index (χ3n) is 7.74. The monoisotopic (exact) mass is 438 g/mol. The van der Waals surface area contributed by atoms with Gasteiger partial charge in [-0.1, -0.05) is 73.3 Å². The van der Waals surface area contributed by atoms with Gasteiger partial charge in [0.1, 0.15) is 0 Å². The SMILES string of the molecule is O=C(C1CCCCC1)N1CC2(C1)[C@@H](c1ccccc1)[C@@H](CO)N2Cc1ccc(Cl)cc1. The number of amides is 1. The first-order valence-electron chi connectivity index (χ1n) is 11.6. The zero-order chi connectivity index (χ0) is 21.4. The highest BCUT2D eigenvalue weighted by Crippen LogP contribution is 2.54. The summed E-state index contributed by atoms with van der Waals surface area (Å²) in [6, 6.07) is 18.5. The van der Waals surface area contributed by atoms with Crippen LogP contribution in [-0.4, -0.2) is 52.1 Å². The number of carbonyl (C=O) groups is 1. The van der Waals surface area contributed by atoms with Crippen molar-refractivity contribution < 1.29 is 9.90 Å². The highest BCUT2D eigenvalue weighted by Gasteiger charge is 2.66. The van der Waals surface area contributed by atoms with E-state index in [1.807, 2.05) is 18.2 Å². The van der Waals surface area contributed by atoms with Gasteiger partial charge in [0.05, 0.1) is 12.1 Å². The van der Waals surface area contributed by atoms with E-state index in [2.05, 4.69) is 46.2 Å². The Morgan fingerprint density at radius 3 is 2.32 bits per heavy atom. The van der Waals surface area contributed by atoms with E-state index in [1.165, 1.54) is 30.4 Å². The second kappa shape index (κ2) is 8.57. The summed E-state index contributed by atoms with van der Waals surface area (Å²) in [7, 11) is 0. The molecule has 4 nitrogen and oxygen atoms in total. The van der Waals surface area contributed by atoms with Crippen molar-refractivity contribution >= 4 is 17.5 Å². The molecule has 3 aliphatic rings. The topological polar surface area (TPSA) is 43.8 Å². The van der Waals surface area contributed by atoms with E-state index in [1.54, 1.807) is 0 Å². The van der Waals surface area contributed by atoms with Crippen molar-refractivity contribution in [2.24, 2.45) is 5.92 Å². The average molecular weight is 439 g/mol. The van der Waals surface area contributed by atoms with Crippen molar-refractivity contribution in [3.8, 4) is 0 Å². The number of hydrogen-bond donors (Lipinski definition) is 1. The third-order valence-corrected chi connectivity index (χ3v) is 8.00. The Hall–Kier alpha value is -1.88. The van der Waals surface area contributed by atoms with E-state index in [4.69, 9.17) is 11.6 Å². The number of nitrogens with zero attached hydrogens (tertiary/aromatic N) is 2. The summed E-state index contributed by atoms with van der Waals surface area (Å²) < 4.78 is 0. The number of hydrogen-bond acceptors (Lipinski definition) is 3. The first kappa shape index (κ1) is 21.0. The summed E-state index contributed by atoms with van der Waals surface area (Å²) in [5, 5.41) is 11.0. The maximum absolute atomic E-state index is 13.1. The van der Waals surface area contributed by atoms with Crippen LogP contribution in [0, 0.1) is 5.92 Å². The molecule has 2 heterocycles. The van der Waals surface area contributed by atoms with Crippen LogP contribution in [0.3, 0.4) is 0 Å². The van der Waals surface area contributed by atoms with Gasteiger partial charge < -0.3 is 10.0 Å². The molecule has 2 atom stereocenters. The minimum absolute atomic E-state index is 0.0602. The fraction of sp³-hybridized carbons (Fsp3) is 0.500. The smallest absolute Gasteiger partial charge is 0.225 e. The van der Waals surface area contributed by atoms with Gasteiger partial charge in [-0.2, -0.15) is 0 Å². The molecular weight excluding hydrogens is 408 g/mol. The van der Waals surface area contributed by atoms with Crippen LogP contribution in [0.4, 0.5) is 0 Å². The fourth-order valence-electron chi connectivity index (χ4n) is 6.18. The fourth-order valence-corrected chi connectivity index (χ4v) is 6.31. The maximum Gasteiger partial charge on any atom is 0.225 e. The van der Waals surface area contributed by atoms with Gasteiger partial charge in [0.2, 0.25) is 5.91 Å². The second-order valence-corrected chi connectivity index (χ2v) is 9.96. The van der Waals surface area contributed by atoms with Crippen molar-refractivity contribution in [2.75, 3.05) is 19.7 Å². The molecule has 1 spiro atoms. The Morgan fingerprint density at radius 1 is 1.00 bits per heavy atom. The molecule has 5 heteroatoms. The van der Waals surface area contributed by atoms with E-state index in [0.717, 1.165) is 37.5 Å². The molecule has 1 amide bonds. The molecule has 3 fully saturated rings. The van der Waals surface area contributed by atoms with Crippen LogP contribution in [0.1, 0.15) is 49.1 Å². The number of aliphatic hydroxyl groups excluding tert-OH is 1. The molecule has 2 aromatic rings. The van der Waals surface area contributed by atoms with Crippen molar-refractivity contribution in [1.29, 1.82) is 0 Å². The van der Waals surface area contributed by atoms with Crippen molar-refractivity contribution in [1.82, 2.24) is 9.80 Å². The Bertz CT molecular complexity index is 905. The highest BCUT2D eigenvalue weighted by atomic mass is 35.5. The summed E-state index contributed by atoms with van der Waals surface area (Å²) in [5.41, 5.74) is 2.35. The van der Waals surface area contributed by atoms with Gasteiger partial charge in [-0.3, -0.25) is 9.69 Å². The van der Waals surface area contributed by atoms with Gasteiger partial charge in [-0.25, -0.2) is 0 Å². The van der Waals surface area contributed by atoms with E-state index in [0.29, 0.717) is 5.91 Å². The Kier molecular flexibility index (Phi) is 5.80. The predicted octanol–water partition coefficient (Wildman–Crippen LogP) is 4.46. The molecule has 31 heavy (non-hydrogen) atoms. The largest absolute Gasteiger partial charge is 0.395 e. The van der Waals surface area contributed by atoms with Gasteiger partial charge in [-0.15, -0.1) is 0 Å². The quantitative estimate of drug-likeness (QED) is 0.749. The van der Waals surface area contributed by atoms with E-state index in [9.17, 15) is 9.90 Å². The number of aliphatic hydroxyl groups is 1. The number of likely N-dealkylation sites (tertiary alicyclic amines) is 2. The minimum atomic E-state index is -0.0985. The van der Waals surface area contributed by atoms with Crippen LogP contribution in [0.5, 0.6) is 0 Å². The number of halogens is 1. The summed E-state index contributed by atoms with van der Waals surface area (Å²) in [4.78, 5) is 17.7. The lowest BCUT2D eigenvalue weighted by atomic mass is 9.60. The number of benzene rings is 2. The van der Waals surface area contributed by atoms with Gasteiger partial charge in [-0.05, 0) is 36.1 Å². The molecule has 0 radical (unpaired) electrons. The molecule has 5 rings (SSSR count). The van der Waals surface area contributed by atoms with Crippen LogP contribution >= 0.6 is 11.6 Å². The van der Waals surface area contributed by atoms with Gasteiger partial charge in [0.25, 0.3) is 0 Å². The molecule has 164 valence electrons. The van der Waals surface area contributed by atoms with Crippen LogP contribution in [-0.2, 0) is 11.3 Å². The van der Waals surface area contributed by atoms with E-state index < -0.39 is 0 Å². The zero-order valence-corrected chi connectivity index (χ0v) is 18.7. The van der Waals surface area contributed by atoms with E-state index >= 15 is 0 Å². The average Bonchev–Trinajstić information content (AvgIpc) is 2.78. The normalized spacial score (nSPS) is 25.8. The first-order chi connectivity index (χ1) is 15.1. The minimum Gasteiger partial charge on any atom is -0.395 e. The third kappa shape index (κ3) is 3.69. The lowest BCUT2D eigenvalue weighted by Gasteiger charge is -2.71. The van der Waals surface area contributed by atoms with Crippen molar-refractivity contribution in [2.45, 2.75) is 56.1 Å².